The Bertz CT molecular complexity index is 1600. The Kier molecular flexibility index (Phi) is 7.40. The molecule has 11 nitrogen and oxygen atoms in total. The van der Waals surface area contributed by atoms with Gasteiger partial charge in [0.05, 0.1) is 29.4 Å². The van der Waals surface area contributed by atoms with Gasteiger partial charge in [0, 0.05) is 30.4 Å². The third kappa shape index (κ3) is 4.74. The molecule has 3 heterocycles. The molecule has 0 bridgehead atoms. The number of carbonyl (C=O) groups excluding carboxylic acids is 1. The molecule has 0 spiro atoms. The van der Waals surface area contributed by atoms with Crippen LogP contribution in [0.15, 0.2) is 24.3 Å². The minimum Gasteiger partial charge on any atom is -0.477 e. The van der Waals surface area contributed by atoms with Gasteiger partial charge in [-0.1, -0.05) is 44.2 Å². The number of rotatable bonds is 7. The van der Waals surface area contributed by atoms with Crippen LogP contribution in [0.5, 0.6) is 0 Å². The highest BCUT2D eigenvalue weighted by molar-refractivity contribution is 7.19. The van der Waals surface area contributed by atoms with Crippen molar-refractivity contribution >= 4 is 34.4 Å². The van der Waals surface area contributed by atoms with Crippen molar-refractivity contribution in [3.05, 3.63) is 58.4 Å². The monoisotopic (exact) mass is 597 g/mol. The summed E-state index contributed by atoms with van der Waals surface area (Å²) < 4.78 is 12.9. The lowest BCUT2D eigenvalue weighted by atomic mass is 9.92. The highest BCUT2D eigenvalue weighted by Crippen LogP contribution is 2.49. The van der Waals surface area contributed by atoms with Crippen LogP contribution < -0.4 is 10.2 Å². The van der Waals surface area contributed by atoms with Gasteiger partial charge in [-0.15, -0.1) is 4.48 Å². The van der Waals surface area contributed by atoms with E-state index < -0.39 is 39.2 Å². The molecule has 4 N–H and O–H groups in total. The number of aliphatic carboxylic acids is 1. The summed E-state index contributed by atoms with van der Waals surface area (Å²) in [4.78, 5) is 55.1. The standard InChI is InChI=1S/C29H33FN6O5S/c1-28(2,3)24-33-20-18(21(34-24)23(31)37)9-10-19-22(20)42-26(32-19)36(27(40)41)12-6-11-29(36,25(38)39)15-35(4)14-16-7-5-8-17(30)13-16/h5,7-8,13H,6,9-12,14-15H2,1-4H3,(H3-,31,37,38,39,40,41)/p+1/t29?,36-/m1/s1. The largest absolute Gasteiger partial charge is 0.521 e. The van der Waals surface area contributed by atoms with E-state index in [0.717, 1.165) is 11.3 Å². The number of quaternary nitrogens is 1. The molecule has 13 heteroatoms. The number of aromatic nitrogens is 3. The molecule has 5 rings (SSSR count). The number of primary amides is 1. The minimum atomic E-state index is -1.75. The van der Waals surface area contributed by atoms with Crippen LogP contribution in [0.2, 0.25) is 0 Å². The molecule has 1 saturated heterocycles. The van der Waals surface area contributed by atoms with Crippen molar-refractivity contribution in [1.29, 1.82) is 0 Å². The Labute approximate surface area is 246 Å². The molecule has 2 atom stereocenters. The number of carboxylic acids is 1. The SMILES string of the molecule is CN(Cc1cccc(F)c1)CC1(C(=O)O)CCC[N@+]1(C(=O)O)c1nc2c(s1)-c1nc(C(C)(C)C)nc(C(N)=O)c1CC2. The molecule has 2 aromatic heterocycles. The summed E-state index contributed by atoms with van der Waals surface area (Å²) in [5.74, 6) is -1.90. The van der Waals surface area contributed by atoms with E-state index in [1.54, 1.807) is 24.1 Å². The molecule has 0 radical (unpaired) electrons. The van der Waals surface area contributed by atoms with Crippen molar-refractivity contribution in [1.82, 2.24) is 24.3 Å². The quantitative estimate of drug-likeness (QED) is 0.343. The van der Waals surface area contributed by atoms with Crippen LogP contribution in [0.1, 0.15) is 66.7 Å². The number of amides is 2. The fourth-order valence-corrected chi connectivity index (χ4v) is 7.56. The third-order valence-corrected chi connectivity index (χ3v) is 9.38. The van der Waals surface area contributed by atoms with Crippen LogP contribution in [-0.4, -0.2) is 73.7 Å². The molecule has 0 saturated carbocycles. The zero-order chi connectivity index (χ0) is 30.6. The van der Waals surface area contributed by atoms with Gasteiger partial charge in [-0.3, -0.25) is 9.69 Å². The molecule has 2 aliphatic rings. The lowest BCUT2D eigenvalue weighted by Gasteiger charge is -2.40. The van der Waals surface area contributed by atoms with Crippen LogP contribution in [0.3, 0.4) is 0 Å². The van der Waals surface area contributed by atoms with Gasteiger partial charge in [-0.05, 0) is 37.6 Å². The Balaban J connectivity index is 1.63. The topological polar surface area (TPSA) is 160 Å². The number of carbonyl (C=O) groups is 3. The lowest BCUT2D eigenvalue weighted by Crippen LogP contribution is -2.72. The minimum absolute atomic E-state index is 0.0399. The number of thiazole rings is 1. The number of nitrogens with two attached hydrogens (primary N) is 1. The number of likely N-dealkylation sites (tertiary alicyclic amines) is 1. The highest BCUT2D eigenvalue weighted by atomic mass is 32.1. The van der Waals surface area contributed by atoms with Crippen molar-refractivity contribution in [2.75, 3.05) is 20.1 Å². The second-order valence-electron chi connectivity index (χ2n) is 12.2. The Morgan fingerprint density at radius 1 is 1.17 bits per heavy atom. The fourth-order valence-electron chi connectivity index (χ4n) is 6.19. The number of carboxylic acid groups (broad SMARTS) is 2. The number of aryl methyl sites for hydroxylation is 1. The first-order valence-electron chi connectivity index (χ1n) is 13.7. The summed E-state index contributed by atoms with van der Waals surface area (Å²) in [6, 6.07) is 6.02. The van der Waals surface area contributed by atoms with Crippen LogP contribution in [0, 0.1) is 5.82 Å². The summed E-state index contributed by atoms with van der Waals surface area (Å²) >= 11 is 1.10. The molecule has 2 amide bonds. The summed E-state index contributed by atoms with van der Waals surface area (Å²) in [7, 11) is 1.70. The van der Waals surface area contributed by atoms with Crippen LogP contribution in [-0.2, 0) is 29.6 Å². The zero-order valence-electron chi connectivity index (χ0n) is 24.0. The maximum Gasteiger partial charge on any atom is 0.521 e. The Morgan fingerprint density at radius 2 is 1.90 bits per heavy atom. The maximum absolute atomic E-state index is 13.8. The van der Waals surface area contributed by atoms with Crippen LogP contribution in [0.25, 0.3) is 10.6 Å². The molecule has 1 aromatic carbocycles. The number of likely N-dealkylation sites (N-methyl/N-ethyl adjacent to an activating group) is 1. The Morgan fingerprint density at radius 3 is 2.52 bits per heavy atom. The van der Waals surface area contributed by atoms with Crippen LogP contribution in [0.4, 0.5) is 14.3 Å². The van der Waals surface area contributed by atoms with E-state index in [2.05, 4.69) is 4.98 Å². The first-order chi connectivity index (χ1) is 19.7. The molecular formula is C29H34FN6O5S+. The van der Waals surface area contributed by atoms with Gasteiger partial charge in [0.2, 0.25) is 5.54 Å². The second-order valence-corrected chi connectivity index (χ2v) is 13.1. The number of hydrogen-bond acceptors (Lipinski definition) is 8. The summed E-state index contributed by atoms with van der Waals surface area (Å²) in [6.45, 7) is 5.91. The molecular weight excluding hydrogens is 563 g/mol. The van der Waals surface area contributed by atoms with Gasteiger partial charge in [0.1, 0.15) is 17.3 Å². The van der Waals surface area contributed by atoms with Gasteiger partial charge < -0.3 is 15.9 Å². The molecule has 1 aliphatic heterocycles. The summed E-state index contributed by atoms with van der Waals surface area (Å²) in [6.07, 6.45) is -0.0464. The van der Waals surface area contributed by atoms with E-state index >= 15 is 0 Å². The Hall–Kier alpha value is -3.81. The molecule has 3 aromatic rings. The average Bonchev–Trinajstić information content (AvgIpc) is 3.50. The third-order valence-electron chi connectivity index (χ3n) is 8.16. The zero-order valence-corrected chi connectivity index (χ0v) is 24.8. The van der Waals surface area contributed by atoms with E-state index in [9.17, 15) is 29.0 Å². The smallest absolute Gasteiger partial charge is 0.477 e. The average molecular weight is 598 g/mol. The van der Waals surface area contributed by atoms with E-state index in [0.29, 0.717) is 52.5 Å². The molecule has 1 fully saturated rings. The van der Waals surface area contributed by atoms with Gasteiger partial charge >= 0.3 is 12.1 Å². The van der Waals surface area contributed by atoms with Gasteiger partial charge in [-0.2, -0.15) is 9.78 Å². The number of nitrogens with zero attached hydrogens (tertiary/aromatic N) is 5. The van der Waals surface area contributed by atoms with E-state index in [4.69, 9.17) is 15.7 Å². The van der Waals surface area contributed by atoms with Gasteiger partial charge in [0.25, 0.3) is 11.0 Å². The first kappa shape index (κ1) is 29.7. The first-order valence-corrected chi connectivity index (χ1v) is 14.5. The van der Waals surface area contributed by atoms with Crippen molar-refractivity contribution in [3.63, 3.8) is 0 Å². The normalized spacial score (nSPS) is 21.7. The summed E-state index contributed by atoms with van der Waals surface area (Å²) in [5, 5.41) is 21.6. The molecule has 222 valence electrons. The van der Waals surface area contributed by atoms with Crippen molar-refractivity contribution in [2.24, 2.45) is 5.73 Å². The molecule has 1 aliphatic carbocycles. The number of benzene rings is 1. The molecule has 42 heavy (non-hydrogen) atoms. The van der Waals surface area contributed by atoms with Crippen molar-refractivity contribution in [2.45, 2.75) is 64.0 Å². The lowest BCUT2D eigenvalue weighted by molar-refractivity contribution is -0.149. The van der Waals surface area contributed by atoms with Crippen LogP contribution >= 0.6 is 11.3 Å². The summed E-state index contributed by atoms with van der Waals surface area (Å²) in [5.41, 5.74) is 5.90. The highest BCUT2D eigenvalue weighted by Gasteiger charge is 2.68. The van der Waals surface area contributed by atoms with E-state index in [1.807, 2.05) is 20.8 Å². The predicted molar refractivity (Wildman–Crippen MR) is 155 cm³/mol. The number of hydrogen-bond donors (Lipinski definition) is 3. The maximum atomic E-state index is 13.8. The van der Waals surface area contributed by atoms with Gasteiger partial charge in [0.15, 0.2) is 0 Å². The predicted octanol–water partition coefficient (Wildman–Crippen LogP) is 3.97. The number of halogens is 1. The fraction of sp³-hybridized carbons (Fsp3) is 0.448. The second kappa shape index (κ2) is 10.5. The molecule has 1 unspecified atom stereocenters. The van der Waals surface area contributed by atoms with Crippen molar-refractivity contribution in [3.8, 4) is 10.6 Å². The number of fused-ring (bicyclic) bond motifs is 3. The van der Waals surface area contributed by atoms with Crippen molar-refractivity contribution < 1.29 is 29.0 Å². The van der Waals surface area contributed by atoms with E-state index in [1.165, 1.54) is 12.1 Å². The van der Waals surface area contributed by atoms with E-state index in [-0.39, 0.29) is 36.9 Å². The van der Waals surface area contributed by atoms with Gasteiger partial charge in [-0.25, -0.2) is 19.2 Å².